The minimum absolute atomic E-state index is 0.0312. The number of benzene rings is 3. The number of hydrogen-bond acceptors (Lipinski definition) is 7. The number of amides is 2. The third kappa shape index (κ3) is 7.39. The molecule has 1 saturated heterocycles. The Balaban J connectivity index is 1.18. The molecule has 48 heavy (non-hydrogen) atoms. The number of methoxy groups -OCH3 is 1. The summed E-state index contributed by atoms with van der Waals surface area (Å²) >= 11 is 6.24. The van der Waals surface area contributed by atoms with Crippen LogP contribution in [0.3, 0.4) is 0 Å². The number of alkyl carbamates (subject to hydrolysis) is 1. The van der Waals surface area contributed by atoms with Crippen LogP contribution in [-0.2, 0) is 16.1 Å². The Bertz CT molecular complexity index is 1840. The highest BCUT2D eigenvalue weighted by Crippen LogP contribution is 2.36. The van der Waals surface area contributed by atoms with E-state index in [0.29, 0.717) is 48.0 Å². The monoisotopic (exact) mass is 668 g/mol. The van der Waals surface area contributed by atoms with Gasteiger partial charge in [0.2, 0.25) is 5.91 Å². The number of ether oxygens (including phenoxy) is 2. The van der Waals surface area contributed by atoms with Gasteiger partial charge in [0.1, 0.15) is 23.2 Å². The summed E-state index contributed by atoms with van der Waals surface area (Å²) in [7, 11) is 1.64. The molecule has 2 amide bonds. The quantitative estimate of drug-likeness (QED) is 0.228. The van der Waals surface area contributed by atoms with Crippen LogP contribution in [0.15, 0.2) is 71.7 Å². The Morgan fingerprint density at radius 2 is 1.75 bits per heavy atom. The third-order valence-electron chi connectivity index (χ3n) is 8.72. The van der Waals surface area contributed by atoms with Crippen molar-refractivity contribution in [2.45, 2.75) is 71.1 Å². The SMILES string of the molecule is COc1ccc2c(c1)C(c1ccc(Cl)cc1)=NC(CC(=O)N1CCC(c3cccc(CNC(=O)OC(C)(C)C)c3)CC1)c1nnc(C)n1-2. The number of nitrogens with zero attached hydrogens (tertiary/aromatic N) is 5. The summed E-state index contributed by atoms with van der Waals surface area (Å²) in [6.07, 6.45) is 1.42. The van der Waals surface area contributed by atoms with E-state index in [9.17, 15) is 9.59 Å². The van der Waals surface area contributed by atoms with Gasteiger partial charge in [-0.1, -0.05) is 48.0 Å². The van der Waals surface area contributed by atoms with Crippen LogP contribution in [0.4, 0.5) is 4.79 Å². The van der Waals surface area contributed by atoms with Crippen LogP contribution < -0.4 is 10.1 Å². The summed E-state index contributed by atoms with van der Waals surface area (Å²) in [6.45, 7) is 9.12. The van der Waals surface area contributed by atoms with Gasteiger partial charge in [0.05, 0.1) is 24.9 Å². The third-order valence-corrected chi connectivity index (χ3v) is 8.98. The van der Waals surface area contributed by atoms with E-state index in [-0.39, 0.29) is 12.3 Å². The van der Waals surface area contributed by atoms with Crippen molar-refractivity contribution in [3.8, 4) is 11.4 Å². The number of nitrogens with one attached hydrogen (secondary N) is 1. The molecule has 0 radical (unpaired) electrons. The highest BCUT2D eigenvalue weighted by atomic mass is 35.5. The van der Waals surface area contributed by atoms with Gasteiger partial charge in [0, 0.05) is 35.8 Å². The van der Waals surface area contributed by atoms with Gasteiger partial charge in [-0.2, -0.15) is 0 Å². The smallest absolute Gasteiger partial charge is 0.407 e. The Labute approximate surface area is 286 Å². The average Bonchev–Trinajstić information content (AvgIpc) is 3.39. The lowest BCUT2D eigenvalue weighted by molar-refractivity contribution is -0.132. The zero-order valence-corrected chi connectivity index (χ0v) is 28.8. The summed E-state index contributed by atoms with van der Waals surface area (Å²) in [5.74, 6) is 2.39. The van der Waals surface area contributed by atoms with Crippen LogP contribution in [0.1, 0.15) is 85.9 Å². The predicted molar refractivity (Wildman–Crippen MR) is 185 cm³/mol. The number of hydrogen-bond donors (Lipinski definition) is 1. The molecule has 0 bridgehead atoms. The number of piperidine rings is 1. The van der Waals surface area contributed by atoms with Crippen LogP contribution in [0.5, 0.6) is 5.75 Å². The number of fused-ring (bicyclic) bond motifs is 3. The fourth-order valence-corrected chi connectivity index (χ4v) is 6.50. The van der Waals surface area contributed by atoms with E-state index < -0.39 is 17.7 Å². The van der Waals surface area contributed by atoms with Gasteiger partial charge in [-0.3, -0.25) is 14.4 Å². The lowest BCUT2D eigenvalue weighted by atomic mass is 9.88. The van der Waals surface area contributed by atoms with Crippen molar-refractivity contribution in [1.29, 1.82) is 0 Å². The lowest BCUT2D eigenvalue weighted by Gasteiger charge is -2.33. The molecule has 6 rings (SSSR count). The van der Waals surface area contributed by atoms with Crippen LogP contribution >= 0.6 is 11.6 Å². The molecule has 4 aromatic rings. The molecular formula is C37H41ClN6O4. The first-order valence-electron chi connectivity index (χ1n) is 16.3. The number of aromatic nitrogens is 3. The molecule has 1 N–H and O–H groups in total. The Kier molecular flexibility index (Phi) is 9.55. The zero-order chi connectivity index (χ0) is 34.0. The van der Waals surface area contributed by atoms with E-state index in [0.717, 1.165) is 40.9 Å². The van der Waals surface area contributed by atoms with Gasteiger partial charge in [0.15, 0.2) is 5.82 Å². The molecule has 3 heterocycles. The fraction of sp³-hybridized carbons (Fsp3) is 0.378. The predicted octanol–water partition coefficient (Wildman–Crippen LogP) is 6.95. The summed E-state index contributed by atoms with van der Waals surface area (Å²) in [6, 6.07) is 21.2. The molecule has 1 fully saturated rings. The van der Waals surface area contributed by atoms with Crippen molar-refractivity contribution in [2.75, 3.05) is 20.2 Å². The van der Waals surface area contributed by atoms with Crippen LogP contribution in [-0.4, -0.2) is 63.2 Å². The Morgan fingerprint density at radius 1 is 1.00 bits per heavy atom. The molecule has 2 aliphatic rings. The van der Waals surface area contributed by atoms with E-state index in [2.05, 4.69) is 27.6 Å². The minimum atomic E-state index is -0.547. The molecule has 1 unspecified atom stereocenters. The first-order valence-corrected chi connectivity index (χ1v) is 16.6. The van der Waals surface area contributed by atoms with Crippen molar-refractivity contribution >= 4 is 29.3 Å². The van der Waals surface area contributed by atoms with E-state index in [1.165, 1.54) is 5.56 Å². The molecule has 250 valence electrons. The van der Waals surface area contributed by atoms with Gasteiger partial charge >= 0.3 is 6.09 Å². The van der Waals surface area contributed by atoms with Crippen molar-refractivity contribution in [1.82, 2.24) is 25.0 Å². The Hall–Kier alpha value is -4.70. The van der Waals surface area contributed by atoms with Crippen molar-refractivity contribution in [3.05, 3.63) is 106 Å². The highest BCUT2D eigenvalue weighted by Gasteiger charge is 2.32. The summed E-state index contributed by atoms with van der Waals surface area (Å²) in [5, 5.41) is 12.4. The van der Waals surface area contributed by atoms with E-state index in [1.54, 1.807) is 7.11 Å². The van der Waals surface area contributed by atoms with Gasteiger partial charge in [-0.05, 0) is 87.9 Å². The maximum absolute atomic E-state index is 13.9. The second-order valence-corrected chi connectivity index (χ2v) is 13.7. The normalized spacial score (nSPS) is 16.3. The number of rotatable bonds is 7. The number of carbonyl (C=O) groups is 2. The minimum Gasteiger partial charge on any atom is -0.497 e. The van der Waals surface area contributed by atoms with Gasteiger partial charge in [0.25, 0.3) is 0 Å². The van der Waals surface area contributed by atoms with Gasteiger partial charge < -0.3 is 19.7 Å². The number of carbonyl (C=O) groups excluding carboxylic acids is 2. The molecule has 11 heteroatoms. The molecule has 1 aromatic heterocycles. The largest absolute Gasteiger partial charge is 0.497 e. The topological polar surface area (TPSA) is 111 Å². The van der Waals surface area contributed by atoms with Crippen molar-refractivity contribution in [2.24, 2.45) is 4.99 Å². The van der Waals surface area contributed by atoms with Crippen LogP contribution in [0, 0.1) is 6.92 Å². The number of halogens is 1. The second kappa shape index (κ2) is 13.8. The van der Waals surface area contributed by atoms with E-state index >= 15 is 0 Å². The second-order valence-electron chi connectivity index (χ2n) is 13.3. The molecule has 3 aromatic carbocycles. The number of likely N-dealkylation sites (tertiary alicyclic amines) is 1. The van der Waals surface area contributed by atoms with Crippen LogP contribution in [0.25, 0.3) is 5.69 Å². The maximum atomic E-state index is 13.9. The van der Waals surface area contributed by atoms with Gasteiger partial charge in [-0.25, -0.2) is 4.79 Å². The molecule has 10 nitrogen and oxygen atoms in total. The van der Waals surface area contributed by atoms with E-state index in [1.807, 2.05) is 91.8 Å². The summed E-state index contributed by atoms with van der Waals surface area (Å²) < 4.78 is 12.9. The number of aliphatic imine (C=N–C) groups is 1. The molecule has 0 saturated carbocycles. The lowest BCUT2D eigenvalue weighted by Crippen LogP contribution is -2.38. The molecule has 0 aliphatic carbocycles. The standard InChI is InChI=1S/C37H41ClN6O4/c1-23-41-42-35-31(40-34(26-9-11-28(38)12-10-26)30-20-29(47-5)13-14-32(30)44(23)35)21-33(45)43-17-15-25(16-18-43)27-8-6-7-24(19-27)22-39-36(46)48-37(2,3)4/h6-14,19-20,25,31H,15-18,21-22H2,1-5H3,(H,39,46). The van der Waals surface area contributed by atoms with Crippen molar-refractivity contribution in [3.63, 3.8) is 0 Å². The average molecular weight is 669 g/mol. The number of aryl methyl sites for hydroxylation is 1. The Morgan fingerprint density at radius 3 is 2.46 bits per heavy atom. The zero-order valence-electron chi connectivity index (χ0n) is 28.0. The van der Waals surface area contributed by atoms with E-state index in [4.69, 9.17) is 26.1 Å². The summed E-state index contributed by atoms with van der Waals surface area (Å²) in [4.78, 5) is 33.2. The molecule has 2 aliphatic heterocycles. The first kappa shape index (κ1) is 33.2. The van der Waals surface area contributed by atoms with Gasteiger partial charge in [-0.15, -0.1) is 10.2 Å². The van der Waals surface area contributed by atoms with Crippen molar-refractivity contribution < 1.29 is 19.1 Å². The fourth-order valence-electron chi connectivity index (χ4n) is 6.38. The molecule has 1 atom stereocenters. The molecular weight excluding hydrogens is 628 g/mol. The molecule has 0 spiro atoms. The highest BCUT2D eigenvalue weighted by molar-refractivity contribution is 6.30. The maximum Gasteiger partial charge on any atom is 0.407 e. The first-order chi connectivity index (χ1) is 23.0. The van der Waals surface area contributed by atoms with Crippen LogP contribution in [0.2, 0.25) is 5.02 Å². The summed E-state index contributed by atoms with van der Waals surface area (Å²) in [5.41, 5.74) is 5.03.